The highest BCUT2D eigenvalue weighted by Crippen LogP contribution is 2.33. The number of aromatic nitrogens is 1. The fraction of sp³-hybridized carbons (Fsp3) is 0.727. The fourth-order valence-electron chi connectivity index (χ4n) is 4.83. The number of hydrogen-bond donors (Lipinski definition) is 2. The Balaban J connectivity index is 1.39. The maximum absolute atomic E-state index is 13.4. The monoisotopic (exact) mass is 478 g/mol. The van der Waals surface area contributed by atoms with Crippen LogP contribution in [0.25, 0.3) is 0 Å². The molecule has 2 aliphatic heterocycles. The second-order valence-electron chi connectivity index (χ2n) is 9.02. The second-order valence-corrected chi connectivity index (χ2v) is 11.3. The van der Waals surface area contributed by atoms with Crippen molar-refractivity contribution >= 4 is 46.0 Å². The number of thioether (sulfide) groups is 1. The molecule has 4 rings (SSSR count). The predicted molar refractivity (Wildman–Crippen MR) is 131 cm³/mol. The molecule has 1 aromatic rings. The van der Waals surface area contributed by atoms with E-state index in [1.54, 1.807) is 18.7 Å². The molecule has 0 unspecified atom stereocenters. The summed E-state index contributed by atoms with van der Waals surface area (Å²) >= 11 is 3.21. The lowest BCUT2D eigenvalue weighted by atomic mass is 9.85. The number of carbonyl (C=O) groups is 2. The summed E-state index contributed by atoms with van der Waals surface area (Å²) in [7, 11) is 0. The zero-order chi connectivity index (χ0) is 22.5. The Kier molecular flexibility index (Phi) is 7.93. The van der Waals surface area contributed by atoms with Crippen molar-refractivity contribution in [2.75, 3.05) is 37.2 Å². The van der Waals surface area contributed by atoms with Crippen LogP contribution in [0.5, 0.6) is 0 Å². The Labute approximate surface area is 198 Å². The van der Waals surface area contributed by atoms with Crippen LogP contribution in [0.15, 0.2) is 15.4 Å². The quantitative estimate of drug-likeness (QED) is 0.609. The van der Waals surface area contributed by atoms with Crippen molar-refractivity contribution in [1.82, 2.24) is 20.1 Å². The molecule has 1 saturated carbocycles. The van der Waals surface area contributed by atoms with Crippen LogP contribution in [0.4, 0.5) is 9.93 Å². The first-order valence-electron chi connectivity index (χ1n) is 11.7. The summed E-state index contributed by atoms with van der Waals surface area (Å²) in [5.41, 5.74) is 0. The molecule has 2 N–H and O–H groups in total. The number of urea groups is 1. The standard InChI is InChI=1S/C22H34N6O2S2/c1-15-3-5-17(6-4-15)28(18-7-11-27(12-8-18)16(2)29)22(30)26-21-25-13-20(32-21)31-14-19-23-9-10-24-19/h13,15,17-18H,3-12,14H2,1-2H3,(H,23,24)(H,25,26,30). The average Bonchev–Trinajstić information content (AvgIpc) is 3.46. The molecule has 3 amide bonds. The van der Waals surface area contributed by atoms with Gasteiger partial charge in [-0.3, -0.25) is 15.1 Å². The Morgan fingerprint density at radius 1 is 1.22 bits per heavy atom. The number of nitrogens with zero attached hydrogens (tertiary/aromatic N) is 4. The number of anilines is 1. The highest BCUT2D eigenvalue weighted by Gasteiger charge is 2.35. The van der Waals surface area contributed by atoms with Crippen LogP contribution in [0.2, 0.25) is 0 Å². The molecule has 3 heterocycles. The second kappa shape index (κ2) is 10.9. The van der Waals surface area contributed by atoms with Gasteiger partial charge in [0.05, 0.1) is 22.7 Å². The lowest BCUT2D eigenvalue weighted by Crippen LogP contribution is -2.54. The van der Waals surface area contributed by atoms with E-state index in [9.17, 15) is 9.59 Å². The van der Waals surface area contributed by atoms with Gasteiger partial charge in [0.1, 0.15) is 5.84 Å². The molecule has 10 heteroatoms. The normalized spacial score (nSPS) is 24.1. The summed E-state index contributed by atoms with van der Waals surface area (Å²) in [5, 5.41) is 7.01. The lowest BCUT2D eigenvalue weighted by Gasteiger charge is -2.44. The smallest absolute Gasteiger partial charge is 0.324 e. The van der Waals surface area contributed by atoms with Gasteiger partial charge in [-0.05, 0) is 44.4 Å². The van der Waals surface area contributed by atoms with E-state index in [1.807, 2.05) is 11.1 Å². The molecule has 1 saturated heterocycles. The zero-order valence-electron chi connectivity index (χ0n) is 19.0. The SMILES string of the molecule is CC(=O)N1CCC(N(C(=O)Nc2ncc(SCC3=NCCN3)s2)C2CCC(C)CC2)CC1. The van der Waals surface area contributed by atoms with Crippen LogP contribution in [0, 0.1) is 5.92 Å². The molecule has 0 bridgehead atoms. The summed E-state index contributed by atoms with van der Waals surface area (Å²) < 4.78 is 1.07. The van der Waals surface area contributed by atoms with E-state index in [2.05, 4.69) is 32.4 Å². The van der Waals surface area contributed by atoms with Gasteiger partial charge >= 0.3 is 6.03 Å². The third kappa shape index (κ3) is 5.95. The Morgan fingerprint density at radius 2 is 1.94 bits per heavy atom. The molecule has 0 spiro atoms. The van der Waals surface area contributed by atoms with Crippen molar-refractivity contribution in [2.45, 2.75) is 68.7 Å². The van der Waals surface area contributed by atoms with Gasteiger partial charge in [0.2, 0.25) is 5.91 Å². The molecule has 8 nitrogen and oxygen atoms in total. The van der Waals surface area contributed by atoms with E-state index in [1.165, 1.54) is 11.3 Å². The molecule has 176 valence electrons. The predicted octanol–water partition coefficient (Wildman–Crippen LogP) is 3.66. The molecule has 2 fully saturated rings. The van der Waals surface area contributed by atoms with Gasteiger partial charge in [-0.1, -0.05) is 18.3 Å². The van der Waals surface area contributed by atoms with Crippen molar-refractivity contribution in [3.8, 4) is 0 Å². The van der Waals surface area contributed by atoms with Crippen LogP contribution in [0.1, 0.15) is 52.4 Å². The minimum Gasteiger partial charge on any atom is -0.371 e. The van der Waals surface area contributed by atoms with Gasteiger partial charge in [-0.15, -0.1) is 11.8 Å². The van der Waals surface area contributed by atoms with E-state index in [-0.39, 0.29) is 24.0 Å². The van der Waals surface area contributed by atoms with Gasteiger partial charge in [-0.2, -0.15) is 0 Å². The molecule has 1 aromatic heterocycles. The molecule has 3 aliphatic rings. The molecule has 0 atom stereocenters. The molecular weight excluding hydrogens is 444 g/mol. The topological polar surface area (TPSA) is 89.9 Å². The molecular formula is C22H34N6O2S2. The van der Waals surface area contributed by atoms with E-state index in [0.717, 1.165) is 86.4 Å². The summed E-state index contributed by atoms with van der Waals surface area (Å²) in [5.74, 6) is 2.69. The third-order valence-corrected chi connectivity index (χ3v) is 8.83. The number of nitrogens with one attached hydrogen (secondary N) is 2. The van der Waals surface area contributed by atoms with E-state index in [4.69, 9.17) is 0 Å². The molecule has 32 heavy (non-hydrogen) atoms. The van der Waals surface area contributed by atoms with Crippen molar-refractivity contribution in [3.05, 3.63) is 6.20 Å². The van der Waals surface area contributed by atoms with Crippen LogP contribution < -0.4 is 10.6 Å². The van der Waals surface area contributed by atoms with Crippen LogP contribution >= 0.6 is 23.1 Å². The van der Waals surface area contributed by atoms with Crippen molar-refractivity contribution in [1.29, 1.82) is 0 Å². The number of piperidine rings is 1. The van der Waals surface area contributed by atoms with E-state index >= 15 is 0 Å². The number of carbonyl (C=O) groups excluding carboxylic acids is 2. The summed E-state index contributed by atoms with van der Waals surface area (Å²) in [4.78, 5) is 38.0. The fourth-order valence-corrected chi connectivity index (χ4v) is 6.62. The summed E-state index contributed by atoms with van der Waals surface area (Å²) in [6, 6.07) is 0.392. The maximum atomic E-state index is 13.4. The molecule has 1 aliphatic carbocycles. The van der Waals surface area contributed by atoms with E-state index < -0.39 is 0 Å². The minimum atomic E-state index is -0.0430. The van der Waals surface area contributed by atoms with Crippen LogP contribution in [0.3, 0.4) is 0 Å². The minimum absolute atomic E-state index is 0.0430. The number of aliphatic imine (C=N–C) groups is 1. The van der Waals surface area contributed by atoms with Crippen molar-refractivity contribution < 1.29 is 9.59 Å². The first-order valence-corrected chi connectivity index (χ1v) is 13.5. The number of amides is 3. The molecule has 0 radical (unpaired) electrons. The van der Waals surface area contributed by atoms with Gasteiger partial charge in [0.25, 0.3) is 0 Å². The van der Waals surface area contributed by atoms with Gasteiger partial charge in [-0.25, -0.2) is 9.78 Å². The number of amidine groups is 1. The summed E-state index contributed by atoms with van der Waals surface area (Å²) in [6.45, 7) is 7.14. The van der Waals surface area contributed by atoms with Gasteiger partial charge in [0, 0.05) is 38.6 Å². The Bertz CT molecular complexity index is 828. The number of hydrogen-bond acceptors (Lipinski definition) is 7. The first kappa shape index (κ1) is 23.4. The number of likely N-dealkylation sites (tertiary alicyclic amines) is 1. The zero-order valence-corrected chi connectivity index (χ0v) is 20.6. The summed E-state index contributed by atoms with van der Waals surface area (Å²) in [6.07, 6.45) is 7.94. The highest BCUT2D eigenvalue weighted by molar-refractivity contribution is 8.01. The lowest BCUT2D eigenvalue weighted by molar-refractivity contribution is -0.130. The Hall–Kier alpha value is -1.81. The number of rotatable bonds is 6. The maximum Gasteiger partial charge on any atom is 0.324 e. The van der Waals surface area contributed by atoms with Crippen LogP contribution in [-0.4, -0.2) is 76.6 Å². The number of thiazole rings is 1. The molecule has 0 aromatic carbocycles. The third-order valence-electron chi connectivity index (χ3n) is 6.71. The highest BCUT2D eigenvalue weighted by atomic mass is 32.2. The van der Waals surface area contributed by atoms with Crippen LogP contribution in [-0.2, 0) is 4.79 Å². The van der Waals surface area contributed by atoms with Gasteiger partial charge < -0.3 is 15.1 Å². The van der Waals surface area contributed by atoms with E-state index in [0.29, 0.717) is 5.13 Å². The first-order chi connectivity index (χ1) is 15.5. The average molecular weight is 479 g/mol. The van der Waals surface area contributed by atoms with Crippen molar-refractivity contribution in [3.63, 3.8) is 0 Å². The van der Waals surface area contributed by atoms with Gasteiger partial charge in [0.15, 0.2) is 5.13 Å². The Morgan fingerprint density at radius 3 is 2.59 bits per heavy atom. The largest absolute Gasteiger partial charge is 0.371 e. The van der Waals surface area contributed by atoms with Crippen molar-refractivity contribution in [2.24, 2.45) is 10.9 Å².